The zero-order valence-electron chi connectivity index (χ0n) is 10.7. The van der Waals surface area contributed by atoms with Crippen LogP contribution in [0.4, 0.5) is 0 Å². The van der Waals surface area contributed by atoms with E-state index in [1.165, 1.54) is 16.8 Å². The Bertz CT molecular complexity index is 688. The molecule has 6 heteroatoms. The third-order valence-corrected chi connectivity index (χ3v) is 2.93. The number of hydrogen-bond acceptors (Lipinski definition) is 4. The molecule has 0 aliphatic heterocycles. The molecule has 2 aromatic rings. The predicted octanol–water partition coefficient (Wildman–Crippen LogP) is -0.280. The van der Waals surface area contributed by atoms with Crippen LogP contribution in [0.2, 0.25) is 0 Å². The van der Waals surface area contributed by atoms with E-state index in [-0.39, 0.29) is 24.3 Å². The van der Waals surface area contributed by atoms with Crippen molar-refractivity contribution in [1.29, 1.82) is 0 Å². The molecular weight excluding hydrogens is 244 g/mol. The molecule has 0 unspecified atom stereocenters. The first-order valence-electron chi connectivity index (χ1n) is 6.04. The van der Waals surface area contributed by atoms with Crippen molar-refractivity contribution in [2.24, 2.45) is 5.73 Å². The number of hydrogen-bond donors (Lipinski definition) is 1. The minimum absolute atomic E-state index is 0.222. The van der Waals surface area contributed by atoms with Gasteiger partial charge in [-0.25, -0.2) is 4.79 Å². The van der Waals surface area contributed by atoms with Crippen LogP contribution < -0.4 is 17.0 Å². The van der Waals surface area contributed by atoms with E-state index in [1.807, 2.05) is 19.1 Å². The first kappa shape index (κ1) is 13.2. The lowest BCUT2D eigenvalue weighted by atomic mass is 10.2. The Kier molecular flexibility index (Phi) is 3.91. The molecule has 100 valence electrons. The second-order valence-electron chi connectivity index (χ2n) is 4.27. The topological polar surface area (TPSA) is 82.9 Å². The van der Waals surface area contributed by atoms with Gasteiger partial charge in [0.05, 0.1) is 12.2 Å². The SMILES string of the molecule is Cc1cccnc1Cn1ccc(=O)n(CCN)c1=O. The molecule has 0 bridgehead atoms. The van der Waals surface area contributed by atoms with E-state index >= 15 is 0 Å². The Balaban J connectivity index is 2.42. The van der Waals surface area contributed by atoms with Crippen molar-refractivity contribution < 1.29 is 0 Å². The number of pyridine rings is 1. The van der Waals surface area contributed by atoms with Gasteiger partial charge in [-0.3, -0.25) is 18.9 Å². The van der Waals surface area contributed by atoms with E-state index in [9.17, 15) is 9.59 Å². The van der Waals surface area contributed by atoms with Crippen LogP contribution in [0.5, 0.6) is 0 Å². The average Bonchev–Trinajstić information content (AvgIpc) is 2.40. The molecule has 0 saturated heterocycles. The standard InChI is InChI=1S/C13H16N4O2/c1-10-3-2-6-15-11(10)9-16-7-4-12(18)17(8-5-14)13(16)19/h2-4,6-7H,5,8-9,14H2,1H3. The molecule has 0 atom stereocenters. The molecule has 2 N–H and O–H groups in total. The third-order valence-electron chi connectivity index (χ3n) is 2.93. The molecule has 0 aliphatic carbocycles. The van der Waals surface area contributed by atoms with Crippen molar-refractivity contribution in [1.82, 2.24) is 14.1 Å². The number of aromatic nitrogens is 3. The van der Waals surface area contributed by atoms with Gasteiger partial charge in [0.15, 0.2) is 0 Å². The van der Waals surface area contributed by atoms with Crippen molar-refractivity contribution in [2.75, 3.05) is 6.54 Å². The van der Waals surface area contributed by atoms with Gasteiger partial charge in [0, 0.05) is 31.5 Å². The number of aryl methyl sites for hydroxylation is 1. The summed E-state index contributed by atoms with van der Waals surface area (Å²) in [6, 6.07) is 5.15. The normalized spacial score (nSPS) is 10.6. The van der Waals surface area contributed by atoms with Gasteiger partial charge in [0.2, 0.25) is 0 Å². The monoisotopic (exact) mass is 260 g/mol. The largest absolute Gasteiger partial charge is 0.331 e. The molecular formula is C13H16N4O2. The summed E-state index contributed by atoms with van der Waals surface area (Å²) in [6.45, 7) is 2.75. The third kappa shape index (κ3) is 2.79. The highest BCUT2D eigenvalue weighted by Gasteiger charge is 2.06. The molecule has 19 heavy (non-hydrogen) atoms. The maximum Gasteiger partial charge on any atom is 0.331 e. The molecule has 0 radical (unpaired) electrons. The van der Waals surface area contributed by atoms with Crippen LogP contribution in [-0.4, -0.2) is 20.7 Å². The smallest absolute Gasteiger partial charge is 0.329 e. The molecule has 0 amide bonds. The van der Waals surface area contributed by atoms with Gasteiger partial charge in [-0.2, -0.15) is 0 Å². The minimum Gasteiger partial charge on any atom is -0.329 e. The molecule has 2 rings (SSSR count). The van der Waals surface area contributed by atoms with Crippen molar-refractivity contribution in [3.63, 3.8) is 0 Å². The number of nitrogens with zero attached hydrogens (tertiary/aromatic N) is 3. The Morgan fingerprint density at radius 1 is 1.32 bits per heavy atom. The van der Waals surface area contributed by atoms with E-state index in [0.29, 0.717) is 6.54 Å². The summed E-state index contributed by atoms with van der Waals surface area (Å²) in [5, 5.41) is 0. The zero-order valence-corrected chi connectivity index (χ0v) is 10.7. The van der Waals surface area contributed by atoms with Gasteiger partial charge in [-0.1, -0.05) is 6.07 Å². The van der Waals surface area contributed by atoms with Crippen LogP contribution in [0, 0.1) is 6.92 Å². The molecule has 0 saturated carbocycles. The predicted molar refractivity (Wildman–Crippen MR) is 72.1 cm³/mol. The lowest BCUT2D eigenvalue weighted by molar-refractivity contribution is 0.575. The minimum atomic E-state index is -0.358. The average molecular weight is 260 g/mol. The molecule has 0 aromatic carbocycles. The van der Waals surface area contributed by atoms with E-state index in [2.05, 4.69) is 4.98 Å². The summed E-state index contributed by atoms with van der Waals surface area (Å²) in [5.74, 6) is 0. The Morgan fingerprint density at radius 2 is 2.11 bits per heavy atom. The summed E-state index contributed by atoms with van der Waals surface area (Å²) in [7, 11) is 0. The lowest BCUT2D eigenvalue weighted by Crippen LogP contribution is -2.40. The van der Waals surface area contributed by atoms with Crippen molar-refractivity contribution >= 4 is 0 Å². The fourth-order valence-corrected chi connectivity index (χ4v) is 1.86. The van der Waals surface area contributed by atoms with Crippen molar-refractivity contribution in [3.05, 3.63) is 62.7 Å². The van der Waals surface area contributed by atoms with Gasteiger partial charge in [0.25, 0.3) is 5.56 Å². The van der Waals surface area contributed by atoms with E-state index in [4.69, 9.17) is 5.73 Å². The Hall–Kier alpha value is -2.21. The fourth-order valence-electron chi connectivity index (χ4n) is 1.86. The highest BCUT2D eigenvalue weighted by Crippen LogP contribution is 2.03. The maximum atomic E-state index is 12.1. The van der Waals surface area contributed by atoms with Crippen LogP contribution in [0.25, 0.3) is 0 Å². The van der Waals surface area contributed by atoms with Crippen LogP contribution in [-0.2, 0) is 13.1 Å². The van der Waals surface area contributed by atoms with Gasteiger partial charge >= 0.3 is 5.69 Å². The summed E-state index contributed by atoms with van der Waals surface area (Å²) in [6.07, 6.45) is 3.18. The summed E-state index contributed by atoms with van der Waals surface area (Å²) in [4.78, 5) is 28.0. The van der Waals surface area contributed by atoms with Crippen LogP contribution in [0.15, 0.2) is 40.2 Å². The van der Waals surface area contributed by atoms with E-state index in [1.54, 1.807) is 6.20 Å². The van der Waals surface area contributed by atoms with Gasteiger partial charge in [0.1, 0.15) is 0 Å². The van der Waals surface area contributed by atoms with Crippen LogP contribution >= 0.6 is 0 Å². The van der Waals surface area contributed by atoms with Gasteiger partial charge in [-0.05, 0) is 18.6 Å². The van der Waals surface area contributed by atoms with Gasteiger partial charge < -0.3 is 5.73 Å². The molecule has 2 aromatic heterocycles. The van der Waals surface area contributed by atoms with Crippen LogP contribution in [0.1, 0.15) is 11.3 Å². The second-order valence-corrected chi connectivity index (χ2v) is 4.27. The van der Waals surface area contributed by atoms with Crippen molar-refractivity contribution in [2.45, 2.75) is 20.0 Å². The zero-order chi connectivity index (χ0) is 13.8. The molecule has 0 aliphatic rings. The highest BCUT2D eigenvalue weighted by atomic mass is 16.2. The van der Waals surface area contributed by atoms with Crippen LogP contribution in [0.3, 0.4) is 0 Å². The van der Waals surface area contributed by atoms with E-state index in [0.717, 1.165) is 15.8 Å². The van der Waals surface area contributed by atoms with Crippen molar-refractivity contribution in [3.8, 4) is 0 Å². The van der Waals surface area contributed by atoms with Gasteiger partial charge in [-0.15, -0.1) is 0 Å². The van der Waals surface area contributed by atoms with E-state index < -0.39 is 0 Å². The lowest BCUT2D eigenvalue weighted by Gasteiger charge is -2.10. The quantitative estimate of drug-likeness (QED) is 0.819. The molecule has 6 nitrogen and oxygen atoms in total. The summed E-state index contributed by atoms with van der Waals surface area (Å²) < 4.78 is 2.60. The fraction of sp³-hybridized carbons (Fsp3) is 0.308. The number of nitrogens with two attached hydrogens (primary N) is 1. The molecule has 2 heterocycles. The summed E-state index contributed by atoms with van der Waals surface area (Å²) in [5.41, 5.74) is 6.53. The molecule has 0 fully saturated rings. The number of rotatable bonds is 4. The highest BCUT2D eigenvalue weighted by molar-refractivity contribution is 5.17. The maximum absolute atomic E-state index is 12.1. The summed E-state index contributed by atoms with van der Waals surface area (Å²) >= 11 is 0. The second kappa shape index (κ2) is 5.62. The molecule has 0 spiro atoms. The first-order chi connectivity index (χ1) is 9.13. The Morgan fingerprint density at radius 3 is 2.79 bits per heavy atom. The first-order valence-corrected chi connectivity index (χ1v) is 6.04. The Labute approximate surface area is 110 Å².